The molecule has 1 N–H and O–H groups in total. The Balaban J connectivity index is 1.63. The van der Waals surface area contributed by atoms with Crippen LogP contribution in [0.4, 0.5) is 5.82 Å². The molecule has 0 saturated carbocycles. The fourth-order valence-corrected chi connectivity index (χ4v) is 4.62. The van der Waals surface area contributed by atoms with Crippen molar-refractivity contribution in [3.8, 4) is 11.1 Å². The number of piperazine rings is 1. The number of nitrogens with zero attached hydrogens (tertiary/aromatic N) is 4. The number of aliphatic hydroxyl groups is 1. The van der Waals surface area contributed by atoms with Gasteiger partial charge < -0.3 is 10.0 Å². The van der Waals surface area contributed by atoms with Gasteiger partial charge >= 0.3 is 0 Å². The van der Waals surface area contributed by atoms with Gasteiger partial charge in [0.05, 0.1) is 11.0 Å². The predicted octanol–water partition coefficient (Wildman–Crippen LogP) is 3.56. The zero-order valence-electron chi connectivity index (χ0n) is 16.1. The highest BCUT2D eigenvalue weighted by atomic mass is 32.1. The summed E-state index contributed by atoms with van der Waals surface area (Å²) in [5.41, 5.74) is 3.03. The first kappa shape index (κ1) is 18.3. The van der Waals surface area contributed by atoms with Gasteiger partial charge in [-0.25, -0.2) is 9.97 Å². The van der Waals surface area contributed by atoms with Crippen LogP contribution in [0.25, 0.3) is 21.3 Å². The van der Waals surface area contributed by atoms with Crippen molar-refractivity contribution in [2.75, 3.05) is 37.6 Å². The van der Waals surface area contributed by atoms with Crippen LogP contribution in [0.15, 0.2) is 36.0 Å². The van der Waals surface area contributed by atoms with Crippen molar-refractivity contribution in [3.63, 3.8) is 0 Å². The van der Waals surface area contributed by atoms with Gasteiger partial charge in [0.1, 0.15) is 17.0 Å². The lowest BCUT2D eigenvalue weighted by molar-refractivity contribution is 0.0345. The molecular weight excluding hydrogens is 356 g/mol. The van der Waals surface area contributed by atoms with Gasteiger partial charge in [-0.3, -0.25) is 4.90 Å². The van der Waals surface area contributed by atoms with Gasteiger partial charge in [0.25, 0.3) is 0 Å². The number of aryl methyl sites for hydroxylation is 1. The molecule has 0 radical (unpaired) electrons. The summed E-state index contributed by atoms with van der Waals surface area (Å²) in [7, 11) is 0. The van der Waals surface area contributed by atoms with Gasteiger partial charge in [-0.05, 0) is 26.3 Å². The van der Waals surface area contributed by atoms with E-state index in [1.165, 1.54) is 16.7 Å². The molecular formula is C21H26N4OS. The average Bonchev–Trinajstić information content (AvgIpc) is 3.06. The molecule has 27 heavy (non-hydrogen) atoms. The first-order chi connectivity index (χ1) is 12.9. The van der Waals surface area contributed by atoms with Crippen molar-refractivity contribution in [1.29, 1.82) is 0 Å². The lowest BCUT2D eigenvalue weighted by Crippen LogP contribution is -2.50. The highest BCUT2D eigenvalue weighted by Gasteiger charge is 2.25. The van der Waals surface area contributed by atoms with Gasteiger partial charge in [0, 0.05) is 43.7 Å². The second-order valence-electron chi connectivity index (χ2n) is 7.97. The SMILES string of the molecule is Cc1ccc(-c2csc3ncnc(N4CCN(CC(C)(C)O)CC4)c23)cc1. The second-order valence-corrected chi connectivity index (χ2v) is 8.83. The van der Waals surface area contributed by atoms with Crippen LogP contribution in [0.5, 0.6) is 0 Å². The molecule has 0 aliphatic carbocycles. The molecule has 1 saturated heterocycles. The molecule has 0 amide bonds. The van der Waals surface area contributed by atoms with Crippen LogP contribution < -0.4 is 4.90 Å². The summed E-state index contributed by atoms with van der Waals surface area (Å²) in [6.07, 6.45) is 1.68. The van der Waals surface area contributed by atoms with Gasteiger partial charge in [-0.2, -0.15) is 0 Å². The predicted molar refractivity (Wildman–Crippen MR) is 113 cm³/mol. The summed E-state index contributed by atoms with van der Waals surface area (Å²) < 4.78 is 0. The molecule has 3 heterocycles. The van der Waals surface area contributed by atoms with Crippen LogP contribution in [0, 0.1) is 6.92 Å². The van der Waals surface area contributed by atoms with E-state index < -0.39 is 5.60 Å². The van der Waals surface area contributed by atoms with Crippen LogP contribution in [0.2, 0.25) is 0 Å². The molecule has 0 spiro atoms. The number of hydrogen-bond donors (Lipinski definition) is 1. The Bertz CT molecular complexity index is 921. The molecule has 0 atom stereocenters. The van der Waals surface area contributed by atoms with Crippen LogP contribution in [0.1, 0.15) is 19.4 Å². The topological polar surface area (TPSA) is 52.5 Å². The summed E-state index contributed by atoms with van der Waals surface area (Å²) >= 11 is 1.68. The van der Waals surface area contributed by atoms with Crippen molar-refractivity contribution in [2.45, 2.75) is 26.4 Å². The average molecular weight is 383 g/mol. The molecule has 5 nitrogen and oxygen atoms in total. The fraction of sp³-hybridized carbons (Fsp3) is 0.429. The largest absolute Gasteiger partial charge is 0.389 e. The molecule has 0 bridgehead atoms. The van der Waals surface area contributed by atoms with E-state index in [1.807, 2.05) is 13.8 Å². The lowest BCUT2D eigenvalue weighted by atomic mass is 10.0. The molecule has 4 rings (SSSR count). The standard InChI is InChI=1S/C21H26N4OS/c1-15-4-6-16(7-5-15)17-12-27-20-18(17)19(22-14-23-20)25-10-8-24(9-11-25)13-21(2,3)26/h4-7,12,14,26H,8-11,13H2,1-3H3. The second kappa shape index (κ2) is 7.19. The van der Waals surface area contributed by atoms with E-state index in [0.717, 1.165) is 42.2 Å². The maximum absolute atomic E-state index is 10.1. The Morgan fingerprint density at radius 1 is 1.07 bits per heavy atom. The fourth-order valence-electron chi connectivity index (χ4n) is 3.71. The maximum Gasteiger partial charge on any atom is 0.141 e. The summed E-state index contributed by atoms with van der Waals surface area (Å²) in [5, 5.41) is 13.4. The molecule has 6 heteroatoms. The van der Waals surface area contributed by atoms with Crippen molar-refractivity contribution in [3.05, 3.63) is 41.5 Å². The van der Waals surface area contributed by atoms with Crippen molar-refractivity contribution >= 4 is 27.4 Å². The van der Waals surface area contributed by atoms with Crippen molar-refractivity contribution < 1.29 is 5.11 Å². The summed E-state index contributed by atoms with van der Waals surface area (Å²) in [5.74, 6) is 1.03. The Hall–Kier alpha value is -2.02. The van der Waals surface area contributed by atoms with Gasteiger partial charge in [0.2, 0.25) is 0 Å². The minimum atomic E-state index is -0.656. The van der Waals surface area contributed by atoms with E-state index in [4.69, 9.17) is 0 Å². The number of thiophene rings is 1. The number of rotatable bonds is 4. The van der Waals surface area contributed by atoms with Crippen LogP contribution in [-0.4, -0.2) is 58.3 Å². The van der Waals surface area contributed by atoms with Crippen LogP contribution in [0.3, 0.4) is 0 Å². The third-order valence-corrected chi connectivity index (χ3v) is 5.88. The highest BCUT2D eigenvalue weighted by Crippen LogP contribution is 2.38. The molecule has 1 aliphatic rings. The maximum atomic E-state index is 10.1. The Morgan fingerprint density at radius 2 is 1.78 bits per heavy atom. The van der Waals surface area contributed by atoms with Crippen LogP contribution in [-0.2, 0) is 0 Å². The number of benzene rings is 1. The molecule has 0 unspecified atom stereocenters. The summed E-state index contributed by atoms with van der Waals surface area (Å²) in [4.78, 5) is 14.9. The lowest BCUT2D eigenvalue weighted by Gasteiger charge is -2.38. The van der Waals surface area contributed by atoms with E-state index in [1.54, 1.807) is 17.7 Å². The normalized spacial score (nSPS) is 16.2. The molecule has 2 aromatic heterocycles. The number of aromatic nitrogens is 2. The van der Waals surface area contributed by atoms with Crippen molar-refractivity contribution in [2.24, 2.45) is 0 Å². The van der Waals surface area contributed by atoms with Gasteiger partial charge in [-0.1, -0.05) is 29.8 Å². The van der Waals surface area contributed by atoms with E-state index in [9.17, 15) is 5.11 Å². The summed E-state index contributed by atoms with van der Waals surface area (Å²) in [6, 6.07) is 8.65. The van der Waals surface area contributed by atoms with E-state index in [0.29, 0.717) is 6.54 Å². The number of hydrogen-bond acceptors (Lipinski definition) is 6. The van der Waals surface area contributed by atoms with E-state index in [2.05, 4.69) is 56.3 Å². The number of fused-ring (bicyclic) bond motifs is 1. The molecule has 3 aromatic rings. The van der Waals surface area contributed by atoms with Gasteiger partial charge in [0.15, 0.2) is 0 Å². The molecule has 1 aliphatic heterocycles. The van der Waals surface area contributed by atoms with Crippen molar-refractivity contribution in [1.82, 2.24) is 14.9 Å². The minimum Gasteiger partial charge on any atom is -0.389 e. The monoisotopic (exact) mass is 382 g/mol. The first-order valence-corrected chi connectivity index (χ1v) is 10.3. The molecule has 1 fully saturated rings. The number of anilines is 1. The van der Waals surface area contributed by atoms with E-state index in [-0.39, 0.29) is 0 Å². The molecule has 142 valence electrons. The Kier molecular flexibility index (Phi) is 4.88. The van der Waals surface area contributed by atoms with E-state index >= 15 is 0 Å². The highest BCUT2D eigenvalue weighted by molar-refractivity contribution is 7.17. The van der Waals surface area contributed by atoms with Crippen LogP contribution >= 0.6 is 11.3 Å². The third-order valence-electron chi connectivity index (χ3n) is 5.00. The smallest absolute Gasteiger partial charge is 0.141 e. The Morgan fingerprint density at radius 3 is 2.44 bits per heavy atom. The summed E-state index contributed by atoms with van der Waals surface area (Å²) in [6.45, 7) is 10.2. The third kappa shape index (κ3) is 3.98. The first-order valence-electron chi connectivity index (χ1n) is 9.40. The zero-order valence-corrected chi connectivity index (χ0v) is 17.0. The zero-order chi connectivity index (χ0) is 19.0. The number of β-amino-alcohol motifs (C(OH)–C–C–N with tert-alkyl or cyclic N) is 1. The molecule has 1 aromatic carbocycles. The van der Waals surface area contributed by atoms with Gasteiger partial charge in [-0.15, -0.1) is 11.3 Å². The minimum absolute atomic E-state index is 0.656. The Labute approximate surface area is 164 Å². The quantitative estimate of drug-likeness (QED) is 0.748.